The molecule has 3 heterocycles. The largest absolute Gasteiger partial charge is 0.452 e. The van der Waals surface area contributed by atoms with Crippen LogP contribution in [0.4, 0.5) is 16.2 Å². The number of carbonyl (C=O) groups excluding carboxylic acids is 3. The number of amides is 3. The van der Waals surface area contributed by atoms with E-state index in [4.69, 9.17) is 22.1 Å². The number of nitrogens with zero attached hydrogens (tertiary/aromatic N) is 2. The predicted molar refractivity (Wildman–Crippen MR) is 177 cm³/mol. The minimum Gasteiger partial charge on any atom is -0.452 e. The van der Waals surface area contributed by atoms with Crippen molar-refractivity contribution in [1.82, 2.24) is 9.97 Å². The molecule has 0 aliphatic carbocycles. The second kappa shape index (κ2) is 11.1. The molecule has 3 amide bonds. The van der Waals surface area contributed by atoms with Crippen molar-refractivity contribution in [2.24, 2.45) is 5.73 Å². The Bertz CT molecular complexity index is 2000. The summed E-state index contributed by atoms with van der Waals surface area (Å²) in [5, 5.41) is 4.89. The van der Waals surface area contributed by atoms with Gasteiger partial charge in [-0.05, 0) is 53.9 Å². The van der Waals surface area contributed by atoms with Gasteiger partial charge in [-0.3, -0.25) is 14.9 Å². The van der Waals surface area contributed by atoms with Crippen molar-refractivity contribution in [3.63, 3.8) is 0 Å². The summed E-state index contributed by atoms with van der Waals surface area (Å²) < 4.78 is 5.39. The van der Waals surface area contributed by atoms with E-state index in [1.807, 2.05) is 37.3 Å². The van der Waals surface area contributed by atoms with Crippen LogP contribution in [0.2, 0.25) is 30.7 Å². The Hall–Kier alpha value is -4.67. The fourth-order valence-corrected chi connectivity index (χ4v) is 6.55. The molecule has 5 aromatic rings. The van der Waals surface area contributed by atoms with Crippen LogP contribution in [0.3, 0.4) is 0 Å². The highest BCUT2D eigenvalue weighted by Gasteiger charge is 2.30. The molecule has 0 saturated carbocycles. The zero-order valence-corrected chi connectivity index (χ0v) is 26.6. The Morgan fingerprint density at radius 1 is 1.09 bits per heavy atom. The molecule has 0 saturated heterocycles. The maximum Gasteiger partial charge on any atom is 0.411 e. The SMILES string of the molecule is Cc1c(-c2cnc(C(N)=O)c3[nH]c4cc(NC(=O)OCC[Si-](C)(C)C)ccc4c23)cccc1N1Cc2ccc(Cl)cc2C1=O. The van der Waals surface area contributed by atoms with Crippen LogP contribution in [0.25, 0.3) is 32.9 Å². The van der Waals surface area contributed by atoms with Gasteiger partial charge >= 0.3 is 6.09 Å². The molecular weight excluding hydrogens is 594 g/mol. The van der Waals surface area contributed by atoms with Crippen LogP contribution in [0.5, 0.6) is 0 Å². The third-order valence-corrected chi connectivity index (χ3v) is 9.89. The van der Waals surface area contributed by atoms with Crippen molar-refractivity contribution in [2.45, 2.75) is 39.2 Å². The number of rotatable bonds is 7. The third-order valence-electron chi connectivity index (χ3n) is 7.95. The minimum absolute atomic E-state index is 0.107. The van der Waals surface area contributed by atoms with Gasteiger partial charge in [0.05, 0.1) is 18.7 Å². The van der Waals surface area contributed by atoms with Crippen molar-refractivity contribution in [3.05, 3.63) is 88.2 Å². The number of hydrogen-bond donors (Lipinski definition) is 3. The molecule has 1 aliphatic heterocycles. The van der Waals surface area contributed by atoms with Crippen LogP contribution >= 0.6 is 11.6 Å². The van der Waals surface area contributed by atoms with Crippen LogP contribution in [-0.4, -0.2) is 42.6 Å². The first-order valence-electron chi connectivity index (χ1n) is 14.3. The number of H-pyrrole nitrogens is 1. The van der Waals surface area contributed by atoms with Gasteiger partial charge in [0.15, 0.2) is 5.69 Å². The summed E-state index contributed by atoms with van der Waals surface area (Å²) in [6.45, 7) is 9.44. The number of benzene rings is 3. The van der Waals surface area contributed by atoms with E-state index in [9.17, 15) is 14.4 Å². The molecule has 6 rings (SSSR count). The van der Waals surface area contributed by atoms with E-state index < -0.39 is 20.1 Å². The maximum atomic E-state index is 13.4. The maximum absolute atomic E-state index is 13.4. The Kier molecular flexibility index (Phi) is 7.42. The number of primary amides is 1. The van der Waals surface area contributed by atoms with Crippen molar-refractivity contribution < 1.29 is 19.1 Å². The molecule has 3 aromatic carbocycles. The average molecular weight is 626 g/mol. The molecular formula is C33H32ClN5O4Si-. The normalized spacial score (nSPS) is 13.0. The third kappa shape index (κ3) is 5.42. The predicted octanol–water partition coefficient (Wildman–Crippen LogP) is 7.49. The summed E-state index contributed by atoms with van der Waals surface area (Å²) in [6.07, 6.45) is 1.12. The molecule has 44 heavy (non-hydrogen) atoms. The van der Waals surface area contributed by atoms with Crippen molar-refractivity contribution in [2.75, 3.05) is 16.8 Å². The van der Waals surface area contributed by atoms with E-state index in [0.717, 1.165) is 44.8 Å². The second-order valence-electron chi connectivity index (χ2n) is 12.2. The Labute approximate surface area is 260 Å². The van der Waals surface area contributed by atoms with E-state index in [-0.39, 0.29) is 11.6 Å². The number of carbonyl (C=O) groups is 3. The molecule has 0 radical (unpaired) electrons. The highest BCUT2D eigenvalue weighted by atomic mass is 35.5. The summed E-state index contributed by atoms with van der Waals surface area (Å²) in [7, 11) is -1.33. The van der Waals surface area contributed by atoms with Crippen LogP contribution in [0, 0.1) is 6.92 Å². The molecule has 4 N–H and O–H groups in total. The summed E-state index contributed by atoms with van der Waals surface area (Å²) in [5.41, 5.74) is 12.3. The molecule has 9 nitrogen and oxygen atoms in total. The summed E-state index contributed by atoms with van der Waals surface area (Å²) in [6, 6.07) is 17.5. The fourth-order valence-electron chi connectivity index (χ4n) is 5.66. The Morgan fingerprint density at radius 3 is 2.64 bits per heavy atom. The van der Waals surface area contributed by atoms with Gasteiger partial charge in [-0.25, -0.2) is 9.78 Å². The van der Waals surface area contributed by atoms with Crippen LogP contribution in [0.15, 0.2) is 60.8 Å². The molecule has 1 aliphatic rings. The summed E-state index contributed by atoms with van der Waals surface area (Å²) in [5.74, 6) is -0.775. The molecule has 225 valence electrons. The van der Waals surface area contributed by atoms with Gasteiger partial charge in [-0.2, -0.15) is 19.6 Å². The number of fused-ring (bicyclic) bond motifs is 4. The van der Waals surface area contributed by atoms with E-state index >= 15 is 0 Å². The first-order valence-corrected chi connectivity index (χ1v) is 18.4. The number of nitrogens with one attached hydrogen (secondary N) is 2. The van der Waals surface area contributed by atoms with Gasteiger partial charge in [-0.1, -0.05) is 35.9 Å². The fraction of sp³-hybridized carbons (Fsp3) is 0.212. The highest BCUT2D eigenvalue weighted by Crippen LogP contribution is 2.41. The molecule has 2 aromatic heterocycles. The summed E-state index contributed by atoms with van der Waals surface area (Å²) in [4.78, 5) is 47.7. The lowest BCUT2D eigenvalue weighted by atomic mass is 9.95. The minimum atomic E-state index is -1.33. The molecule has 0 atom stereocenters. The quantitative estimate of drug-likeness (QED) is 0.161. The first-order chi connectivity index (χ1) is 20.9. The molecule has 0 spiro atoms. The van der Waals surface area contributed by atoms with Crippen LogP contribution in [0.1, 0.15) is 32.0 Å². The van der Waals surface area contributed by atoms with E-state index in [1.54, 1.807) is 35.4 Å². The average Bonchev–Trinajstić information content (AvgIpc) is 3.49. The lowest BCUT2D eigenvalue weighted by Crippen LogP contribution is -2.24. The monoisotopic (exact) mass is 625 g/mol. The summed E-state index contributed by atoms with van der Waals surface area (Å²) >= 11 is 6.18. The lowest BCUT2D eigenvalue weighted by Gasteiger charge is -2.26. The molecule has 0 bridgehead atoms. The number of halogens is 1. The van der Waals surface area contributed by atoms with Gasteiger partial charge in [-0.15, -0.1) is 14.1 Å². The van der Waals surface area contributed by atoms with E-state index in [1.165, 1.54) is 0 Å². The van der Waals surface area contributed by atoms with Crippen molar-refractivity contribution in [3.8, 4) is 11.1 Å². The van der Waals surface area contributed by atoms with Crippen molar-refractivity contribution in [1.29, 1.82) is 0 Å². The Morgan fingerprint density at radius 2 is 1.89 bits per heavy atom. The van der Waals surface area contributed by atoms with Crippen LogP contribution < -0.4 is 16.0 Å². The van der Waals surface area contributed by atoms with Gasteiger partial charge < -0.3 is 20.4 Å². The first kappa shape index (κ1) is 29.4. The smallest absolute Gasteiger partial charge is 0.411 e. The number of ether oxygens (including phenoxy) is 1. The van der Waals surface area contributed by atoms with Gasteiger partial charge in [0.1, 0.15) is 0 Å². The zero-order chi connectivity index (χ0) is 31.3. The van der Waals surface area contributed by atoms with Gasteiger partial charge in [0, 0.05) is 50.0 Å². The van der Waals surface area contributed by atoms with Gasteiger partial charge in [0.2, 0.25) is 0 Å². The highest BCUT2D eigenvalue weighted by molar-refractivity contribution is 6.76. The number of pyridine rings is 1. The topological polar surface area (TPSA) is 130 Å². The van der Waals surface area contributed by atoms with Crippen molar-refractivity contribution >= 4 is 70.8 Å². The number of anilines is 2. The number of aromatic nitrogens is 2. The number of hydrogen-bond acceptors (Lipinski definition) is 5. The van der Waals surface area contributed by atoms with Gasteiger partial charge in [0.25, 0.3) is 11.8 Å². The van der Waals surface area contributed by atoms with E-state index in [0.29, 0.717) is 40.5 Å². The van der Waals surface area contributed by atoms with Crippen LogP contribution in [-0.2, 0) is 11.3 Å². The number of aromatic amines is 1. The molecule has 11 heteroatoms. The van der Waals surface area contributed by atoms with E-state index in [2.05, 4.69) is 34.9 Å². The standard InChI is InChI=1S/C33H32ClN5O4Si/c1-18-22(6-5-7-27(18)39-17-19-8-9-20(34)14-24(19)32(39)41)25-16-36-30(31(35)40)29-28(25)23-11-10-21(15-26(23)38-29)37-33(42)43-12-13-44(2,3)4/h5-11,14-16,38H,12-13,17H2,1-4H3,(H2,35,40)(H,37,42)/q-1. The zero-order valence-electron chi connectivity index (χ0n) is 24.9. The molecule has 0 fully saturated rings. The number of nitrogens with two attached hydrogens (primary N) is 1. The second-order valence-corrected chi connectivity index (χ2v) is 18.3. The molecule has 0 unspecified atom stereocenters. The lowest BCUT2D eigenvalue weighted by molar-refractivity contribution is 0.0988. The Balaban J connectivity index is 1.40.